The van der Waals surface area contributed by atoms with E-state index in [4.69, 9.17) is 0 Å². The summed E-state index contributed by atoms with van der Waals surface area (Å²) >= 11 is 1.72. The highest BCUT2D eigenvalue weighted by atomic mass is 32.1. The second kappa shape index (κ2) is 4.82. The van der Waals surface area contributed by atoms with E-state index in [1.807, 2.05) is 0 Å². The van der Waals surface area contributed by atoms with Crippen molar-refractivity contribution in [3.63, 3.8) is 0 Å². The summed E-state index contributed by atoms with van der Waals surface area (Å²) in [6.45, 7) is 4.68. The van der Waals surface area contributed by atoms with Gasteiger partial charge in [-0.3, -0.25) is 10.1 Å². The molecule has 3 aliphatic rings. The van der Waals surface area contributed by atoms with Crippen LogP contribution in [-0.2, 0) is 4.79 Å². The van der Waals surface area contributed by atoms with Crippen LogP contribution in [0.15, 0.2) is 16.8 Å². The van der Waals surface area contributed by atoms with Gasteiger partial charge in [0.05, 0.1) is 0 Å². The van der Waals surface area contributed by atoms with Crippen LogP contribution < -0.4 is 5.32 Å². The van der Waals surface area contributed by atoms with E-state index in [9.17, 15) is 4.79 Å². The van der Waals surface area contributed by atoms with Crippen molar-refractivity contribution in [2.24, 2.45) is 11.8 Å². The zero-order valence-electron chi connectivity index (χ0n) is 12.8. The number of hydrogen-bond acceptors (Lipinski definition) is 3. The van der Waals surface area contributed by atoms with E-state index in [1.54, 1.807) is 11.3 Å². The molecule has 114 valence electrons. The fourth-order valence-electron chi connectivity index (χ4n) is 4.20. The highest BCUT2D eigenvalue weighted by Gasteiger charge is 2.61. The van der Waals surface area contributed by atoms with Crippen LogP contribution in [0.25, 0.3) is 0 Å². The Morgan fingerprint density at radius 2 is 2.14 bits per heavy atom. The van der Waals surface area contributed by atoms with E-state index in [2.05, 4.69) is 40.9 Å². The molecule has 1 amide bonds. The molecule has 4 rings (SSSR count). The lowest BCUT2D eigenvalue weighted by Gasteiger charge is -2.42. The number of rotatable bonds is 2. The molecular weight excluding hydrogens is 280 g/mol. The Morgan fingerprint density at radius 1 is 1.33 bits per heavy atom. The Bertz CT molecular complexity index is 537. The summed E-state index contributed by atoms with van der Waals surface area (Å²) in [5, 5.41) is 7.97. The Labute approximate surface area is 130 Å². The van der Waals surface area contributed by atoms with Crippen LogP contribution in [0.4, 0.5) is 0 Å². The molecule has 1 saturated heterocycles. The molecule has 0 radical (unpaired) electrons. The van der Waals surface area contributed by atoms with Crippen molar-refractivity contribution in [1.29, 1.82) is 0 Å². The van der Waals surface area contributed by atoms with E-state index in [0.29, 0.717) is 17.9 Å². The van der Waals surface area contributed by atoms with Crippen LogP contribution in [0.5, 0.6) is 0 Å². The highest BCUT2D eigenvalue weighted by molar-refractivity contribution is 7.08. The first-order chi connectivity index (χ1) is 10.1. The molecule has 4 unspecified atom stereocenters. The number of carbonyl (C=O) groups excluding carboxylic acids is 1. The highest BCUT2D eigenvalue weighted by Crippen LogP contribution is 2.49. The largest absolute Gasteiger partial charge is 0.318 e. The standard InChI is InChI=1S/C17H24N2OS/c1-11-4-3-5-14(12(11)2)19-15(13-6-9-21-10-13)18-17(7-8-17)16(19)20/h6,9-12,14-15,18H,3-5,7-8H2,1-2H3. The summed E-state index contributed by atoms with van der Waals surface area (Å²) in [7, 11) is 0. The summed E-state index contributed by atoms with van der Waals surface area (Å²) in [5.41, 5.74) is 1.05. The topological polar surface area (TPSA) is 32.3 Å². The van der Waals surface area contributed by atoms with Gasteiger partial charge in [0, 0.05) is 6.04 Å². The van der Waals surface area contributed by atoms with Crippen LogP contribution in [-0.4, -0.2) is 22.4 Å². The zero-order chi connectivity index (χ0) is 14.6. The molecule has 3 fully saturated rings. The lowest BCUT2D eigenvalue weighted by molar-refractivity contribution is -0.135. The Kier molecular flexibility index (Phi) is 3.16. The molecule has 2 aliphatic carbocycles. The summed E-state index contributed by atoms with van der Waals surface area (Å²) in [6, 6.07) is 2.57. The molecule has 0 bridgehead atoms. The van der Waals surface area contributed by atoms with Gasteiger partial charge in [0.15, 0.2) is 0 Å². The van der Waals surface area contributed by atoms with Gasteiger partial charge >= 0.3 is 0 Å². The quantitative estimate of drug-likeness (QED) is 0.906. The minimum Gasteiger partial charge on any atom is -0.318 e. The van der Waals surface area contributed by atoms with Crippen molar-refractivity contribution in [2.45, 2.75) is 63.7 Å². The molecule has 1 spiro atoms. The molecule has 1 aromatic heterocycles. The van der Waals surface area contributed by atoms with Gasteiger partial charge < -0.3 is 4.90 Å². The van der Waals surface area contributed by atoms with E-state index in [1.165, 1.54) is 18.4 Å². The maximum absolute atomic E-state index is 13.0. The van der Waals surface area contributed by atoms with Gasteiger partial charge in [0.25, 0.3) is 0 Å². The third kappa shape index (κ3) is 2.07. The fourth-order valence-corrected chi connectivity index (χ4v) is 4.88. The predicted molar refractivity (Wildman–Crippen MR) is 85.0 cm³/mol. The molecule has 3 nitrogen and oxygen atoms in total. The third-order valence-electron chi connectivity index (χ3n) is 5.97. The molecule has 0 aromatic carbocycles. The average Bonchev–Trinajstić information content (AvgIpc) is 2.94. The van der Waals surface area contributed by atoms with Gasteiger partial charge in [-0.25, -0.2) is 0 Å². The normalized spacial score (nSPS) is 38.2. The number of hydrogen-bond donors (Lipinski definition) is 1. The minimum absolute atomic E-state index is 0.101. The lowest BCUT2D eigenvalue weighted by Crippen LogP contribution is -2.47. The first-order valence-corrected chi connectivity index (χ1v) is 9.19. The van der Waals surface area contributed by atoms with Crippen LogP contribution >= 0.6 is 11.3 Å². The number of thiophene rings is 1. The van der Waals surface area contributed by atoms with Crippen molar-refractivity contribution < 1.29 is 4.79 Å². The van der Waals surface area contributed by atoms with Gasteiger partial charge in [0.1, 0.15) is 11.7 Å². The Hall–Kier alpha value is -0.870. The number of carbonyl (C=O) groups is 1. The molecule has 4 heteroatoms. The third-order valence-corrected chi connectivity index (χ3v) is 6.67. The van der Waals surface area contributed by atoms with Crippen molar-refractivity contribution >= 4 is 17.2 Å². The van der Waals surface area contributed by atoms with Gasteiger partial charge in [-0.2, -0.15) is 11.3 Å². The lowest BCUT2D eigenvalue weighted by atomic mass is 9.77. The van der Waals surface area contributed by atoms with Crippen LogP contribution in [0.2, 0.25) is 0 Å². The van der Waals surface area contributed by atoms with E-state index in [-0.39, 0.29) is 11.7 Å². The van der Waals surface area contributed by atoms with Gasteiger partial charge in [-0.1, -0.05) is 26.7 Å². The molecule has 21 heavy (non-hydrogen) atoms. The van der Waals surface area contributed by atoms with Gasteiger partial charge in [0.2, 0.25) is 5.91 Å². The summed E-state index contributed by atoms with van der Waals surface area (Å²) in [6.07, 6.45) is 5.85. The van der Waals surface area contributed by atoms with Crippen LogP contribution in [0.1, 0.15) is 57.7 Å². The van der Waals surface area contributed by atoms with Crippen molar-refractivity contribution in [3.05, 3.63) is 22.4 Å². The predicted octanol–water partition coefficient (Wildman–Crippen LogP) is 3.54. The number of nitrogens with one attached hydrogen (secondary N) is 1. The van der Waals surface area contributed by atoms with Gasteiger partial charge in [-0.05, 0) is 53.5 Å². The van der Waals surface area contributed by atoms with E-state index in [0.717, 1.165) is 25.2 Å². The summed E-state index contributed by atoms with van der Waals surface area (Å²) in [4.78, 5) is 15.2. The van der Waals surface area contributed by atoms with E-state index >= 15 is 0 Å². The van der Waals surface area contributed by atoms with E-state index < -0.39 is 0 Å². The molecule has 2 saturated carbocycles. The van der Waals surface area contributed by atoms with Crippen LogP contribution in [0, 0.1) is 11.8 Å². The van der Waals surface area contributed by atoms with Crippen molar-refractivity contribution in [1.82, 2.24) is 10.2 Å². The maximum atomic E-state index is 13.0. The van der Waals surface area contributed by atoms with Crippen LogP contribution in [0.3, 0.4) is 0 Å². The fraction of sp³-hybridized carbons (Fsp3) is 0.706. The van der Waals surface area contributed by atoms with Gasteiger partial charge in [-0.15, -0.1) is 0 Å². The smallest absolute Gasteiger partial charge is 0.244 e. The molecule has 1 aromatic rings. The summed E-state index contributed by atoms with van der Waals surface area (Å²) in [5.74, 6) is 1.68. The monoisotopic (exact) mass is 304 g/mol. The molecule has 4 atom stereocenters. The maximum Gasteiger partial charge on any atom is 0.244 e. The summed E-state index contributed by atoms with van der Waals surface area (Å²) < 4.78 is 0. The molecule has 2 heterocycles. The SMILES string of the molecule is CC1CCCC(N2C(=O)C3(CC3)NC2c2ccsc2)C1C. The second-order valence-corrected chi connectivity index (χ2v) is 8.01. The minimum atomic E-state index is -0.215. The zero-order valence-corrected chi connectivity index (χ0v) is 13.7. The van der Waals surface area contributed by atoms with Crippen molar-refractivity contribution in [2.75, 3.05) is 0 Å². The Morgan fingerprint density at radius 3 is 2.81 bits per heavy atom. The number of amides is 1. The van der Waals surface area contributed by atoms with Crippen molar-refractivity contribution in [3.8, 4) is 0 Å². The molecular formula is C17H24N2OS. The molecule has 1 aliphatic heterocycles. The molecule has 1 N–H and O–H groups in total. The first kappa shape index (κ1) is 13.8. The first-order valence-electron chi connectivity index (χ1n) is 8.25. The number of nitrogens with zero attached hydrogens (tertiary/aromatic N) is 1. The Balaban J connectivity index is 1.68. The second-order valence-electron chi connectivity index (χ2n) is 7.23. The average molecular weight is 304 g/mol.